The molecule has 2 rings (SSSR count). The lowest BCUT2D eigenvalue weighted by Gasteiger charge is -2.15. The van der Waals surface area contributed by atoms with E-state index in [2.05, 4.69) is 29.7 Å². The van der Waals surface area contributed by atoms with Crippen LogP contribution in [-0.2, 0) is 0 Å². The first-order valence-corrected chi connectivity index (χ1v) is 5.03. The van der Waals surface area contributed by atoms with Gasteiger partial charge >= 0.3 is 0 Å². The molecule has 0 N–H and O–H groups in total. The molecule has 1 aliphatic carbocycles. The molecule has 0 spiro atoms. The van der Waals surface area contributed by atoms with E-state index < -0.39 is 0 Å². The lowest BCUT2D eigenvalue weighted by Crippen LogP contribution is -1.97. The van der Waals surface area contributed by atoms with E-state index in [-0.39, 0.29) is 0 Å². The predicted octanol–water partition coefficient (Wildman–Crippen LogP) is 3.57. The molecule has 0 radical (unpaired) electrons. The van der Waals surface area contributed by atoms with Gasteiger partial charge in [-0.1, -0.05) is 18.2 Å². The molecule has 0 aliphatic heterocycles. The highest BCUT2D eigenvalue weighted by Gasteiger charge is 2.12. The molecule has 0 nitrogen and oxygen atoms in total. The zero-order valence-electron chi connectivity index (χ0n) is 6.49. The van der Waals surface area contributed by atoms with E-state index in [1.54, 1.807) is 4.88 Å². The third kappa shape index (κ3) is 1.54. The maximum absolute atomic E-state index is 2.31. The average Bonchev–Trinajstić information content (AvgIpc) is 2.58. The van der Waals surface area contributed by atoms with E-state index in [9.17, 15) is 0 Å². The molecule has 11 heavy (non-hydrogen) atoms. The Labute approximate surface area is 71.6 Å². The average molecular weight is 164 g/mol. The molecule has 1 aromatic heterocycles. The predicted molar refractivity (Wildman–Crippen MR) is 50.1 cm³/mol. The van der Waals surface area contributed by atoms with Gasteiger partial charge < -0.3 is 0 Å². The van der Waals surface area contributed by atoms with Crippen LogP contribution in [0.15, 0.2) is 29.7 Å². The Morgan fingerprint density at radius 2 is 2.36 bits per heavy atom. The van der Waals surface area contributed by atoms with Crippen LogP contribution in [0.2, 0.25) is 0 Å². The number of allylic oxidation sites excluding steroid dienone is 2. The zero-order chi connectivity index (χ0) is 7.52. The topological polar surface area (TPSA) is 0 Å². The summed E-state index contributed by atoms with van der Waals surface area (Å²) < 4.78 is 0. The van der Waals surface area contributed by atoms with Gasteiger partial charge in [-0.25, -0.2) is 0 Å². The van der Waals surface area contributed by atoms with Gasteiger partial charge in [0, 0.05) is 4.88 Å². The second kappa shape index (κ2) is 3.22. The summed E-state index contributed by atoms with van der Waals surface area (Å²) in [4.78, 5) is 1.56. The maximum atomic E-state index is 2.31. The maximum Gasteiger partial charge on any atom is 0.00793 e. The van der Waals surface area contributed by atoms with Crippen molar-refractivity contribution in [2.45, 2.75) is 25.2 Å². The number of hydrogen-bond donors (Lipinski definition) is 0. The molecule has 0 fully saturated rings. The summed E-state index contributed by atoms with van der Waals surface area (Å²) in [6.45, 7) is 0. The van der Waals surface area contributed by atoms with Crippen LogP contribution in [0.1, 0.15) is 30.1 Å². The van der Waals surface area contributed by atoms with Crippen molar-refractivity contribution >= 4 is 11.3 Å². The van der Waals surface area contributed by atoms with Gasteiger partial charge in [0.05, 0.1) is 0 Å². The van der Waals surface area contributed by atoms with Crippen molar-refractivity contribution in [3.63, 3.8) is 0 Å². The van der Waals surface area contributed by atoms with Crippen LogP contribution in [-0.4, -0.2) is 0 Å². The molecule has 1 heteroatoms. The van der Waals surface area contributed by atoms with E-state index in [0.29, 0.717) is 0 Å². The highest BCUT2D eigenvalue weighted by Crippen LogP contribution is 2.31. The minimum Gasteiger partial charge on any atom is -0.149 e. The second-order valence-corrected chi connectivity index (χ2v) is 3.98. The van der Waals surface area contributed by atoms with Crippen LogP contribution in [0.25, 0.3) is 0 Å². The molecule has 1 atom stereocenters. The summed E-state index contributed by atoms with van der Waals surface area (Å²) in [5, 5.41) is 2.17. The normalized spacial score (nSPS) is 23.8. The fourth-order valence-corrected chi connectivity index (χ4v) is 2.45. The molecule has 0 aromatic carbocycles. The Balaban J connectivity index is 2.11. The van der Waals surface area contributed by atoms with E-state index in [0.717, 1.165) is 5.92 Å². The molecule has 1 aromatic rings. The molecule has 0 amide bonds. The Bertz CT molecular complexity index is 233. The van der Waals surface area contributed by atoms with Gasteiger partial charge in [0.1, 0.15) is 0 Å². The summed E-state index contributed by atoms with van der Waals surface area (Å²) in [7, 11) is 0. The SMILES string of the molecule is C1=CCC(c2cccs2)CC1. The van der Waals surface area contributed by atoms with E-state index in [1.165, 1.54) is 19.3 Å². The standard InChI is InChI=1S/C10H12S/c1-2-5-9(6-3-1)10-7-4-8-11-10/h1-2,4,7-9H,3,5-6H2. The van der Waals surface area contributed by atoms with Crippen LogP contribution >= 0.6 is 11.3 Å². The molecule has 0 saturated carbocycles. The van der Waals surface area contributed by atoms with Crippen LogP contribution in [0.4, 0.5) is 0 Å². The van der Waals surface area contributed by atoms with Crippen LogP contribution in [0.5, 0.6) is 0 Å². The van der Waals surface area contributed by atoms with Gasteiger partial charge in [-0.3, -0.25) is 0 Å². The van der Waals surface area contributed by atoms with Crippen molar-refractivity contribution in [3.05, 3.63) is 34.5 Å². The minimum atomic E-state index is 0.819. The molecular formula is C10H12S. The van der Waals surface area contributed by atoms with Gasteiger partial charge in [-0.05, 0) is 36.6 Å². The van der Waals surface area contributed by atoms with Gasteiger partial charge in [0.15, 0.2) is 0 Å². The smallest absolute Gasteiger partial charge is 0.00793 e. The Kier molecular flexibility index (Phi) is 2.08. The molecule has 0 bridgehead atoms. The van der Waals surface area contributed by atoms with Crippen molar-refractivity contribution in [2.75, 3.05) is 0 Å². The van der Waals surface area contributed by atoms with Crippen molar-refractivity contribution in [1.29, 1.82) is 0 Å². The first-order chi connectivity index (χ1) is 5.47. The second-order valence-electron chi connectivity index (χ2n) is 3.00. The summed E-state index contributed by atoms with van der Waals surface area (Å²) >= 11 is 1.90. The fraction of sp³-hybridized carbons (Fsp3) is 0.400. The van der Waals surface area contributed by atoms with Crippen LogP contribution < -0.4 is 0 Å². The highest BCUT2D eigenvalue weighted by atomic mass is 32.1. The van der Waals surface area contributed by atoms with Crippen molar-refractivity contribution in [1.82, 2.24) is 0 Å². The lowest BCUT2D eigenvalue weighted by molar-refractivity contribution is 0.627. The molecule has 0 saturated heterocycles. The summed E-state index contributed by atoms with van der Waals surface area (Å²) in [5.41, 5.74) is 0. The van der Waals surface area contributed by atoms with Crippen molar-refractivity contribution in [3.8, 4) is 0 Å². The minimum absolute atomic E-state index is 0.819. The first-order valence-electron chi connectivity index (χ1n) is 4.15. The Hall–Kier alpha value is -0.560. The monoisotopic (exact) mass is 164 g/mol. The van der Waals surface area contributed by atoms with E-state index in [1.807, 2.05) is 11.3 Å². The quantitative estimate of drug-likeness (QED) is 0.557. The number of rotatable bonds is 1. The number of hydrogen-bond acceptors (Lipinski definition) is 1. The summed E-state index contributed by atoms with van der Waals surface area (Å²) in [6.07, 6.45) is 8.47. The fourth-order valence-electron chi connectivity index (χ4n) is 1.58. The Morgan fingerprint density at radius 1 is 1.36 bits per heavy atom. The van der Waals surface area contributed by atoms with Crippen LogP contribution in [0, 0.1) is 0 Å². The van der Waals surface area contributed by atoms with Gasteiger partial charge in [-0.15, -0.1) is 11.3 Å². The van der Waals surface area contributed by atoms with Gasteiger partial charge in [0.2, 0.25) is 0 Å². The molecule has 1 unspecified atom stereocenters. The third-order valence-electron chi connectivity index (χ3n) is 2.21. The summed E-state index contributed by atoms with van der Waals surface area (Å²) in [6, 6.07) is 4.41. The summed E-state index contributed by atoms with van der Waals surface area (Å²) in [5.74, 6) is 0.819. The lowest BCUT2D eigenvalue weighted by atomic mass is 9.93. The molecule has 58 valence electrons. The van der Waals surface area contributed by atoms with Gasteiger partial charge in [0.25, 0.3) is 0 Å². The Morgan fingerprint density at radius 3 is 3.00 bits per heavy atom. The van der Waals surface area contributed by atoms with Crippen LogP contribution in [0.3, 0.4) is 0 Å². The first kappa shape index (κ1) is 7.11. The van der Waals surface area contributed by atoms with Crippen molar-refractivity contribution < 1.29 is 0 Å². The van der Waals surface area contributed by atoms with Crippen molar-refractivity contribution in [2.24, 2.45) is 0 Å². The van der Waals surface area contributed by atoms with Gasteiger partial charge in [-0.2, -0.15) is 0 Å². The third-order valence-corrected chi connectivity index (χ3v) is 3.25. The highest BCUT2D eigenvalue weighted by molar-refractivity contribution is 7.10. The van der Waals surface area contributed by atoms with E-state index in [4.69, 9.17) is 0 Å². The molecule has 1 heterocycles. The molecule has 1 aliphatic rings. The largest absolute Gasteiger partial charge is 0.149 e. The van der Waals surface area contributed by atoms with E-state index >= 15 is 0 Å². The zero-order valence-corrected chi connectivity index (χ0v) is 7.31. The number of thiophene rings is 1. The molecular weight excluding hydrogens is 152 g/mol.